The lowest BCUT2D eigenvalue weighted by atomic mass is 10.1. The van der Waals surface area contributed by atoms with E-state index in [-0.39, 0.29) is 0 Å². The summed E-state index contributed by atoms with van der Waals surface area (Å²) < 4.78 is 5.32. The van der Waals surface area contributed by atoms with E-state index in [2.05, 4.69) is 36.2 Å². The zero-order valence-electron chi connectivity index (χ0n) is 10.5. The van der Waals surface area contributed by atoms with Gasteiger partial charge in [-0.25, -0.2) is 0 Å². The molecule has 1 aromatic carbocycles. The molecule has 1 aliphatic rings. The Morgan fingerprint density at radius 2 is 2.06 bits per heavy atom. The molecule has 2 nitrogen and oxygen atoms in total. The van der Waals surface area contributed by atoms with Crippen molar-refractivity contribution in [2.45, 2.75) is 6.42 Å². The summed E-state index contributed by atoms with van der Waals surface area (Å²) in [6, 6.07) is 8.09. The number of nitrogens with zero attached hydrogens (tertiary/aromatic N) is 1. The number of likely N-dealkylation sites (N-methyl/N-ethyl adjacent to an activating group) is 1. The standard InChI is InChI=1S/C15H19NO/c1-16-11-9-13(10-12-16)7-8-14-5-3-4-6-15(14)17-2/h3-9H,10-12H2,1-2H3/b8-7+. The first-order valence-corrected chi connectivity index (χ1v) is 5.98. The number of methoxy groups -OCH3 is 1. The Balaban J connectivity index is 2.10. The minimum Gasteiger partial charge on any atom is -0.496 e. The Morgan fingerprint density at radius 3 is 2.76 bits per heavy atom. The van der Waals surface area contributed by atoms with E-state index < -0.39 is 0 Å². The highest BCUT2D eigenvalue weighted by Crippen LogP contribution is 2.20. The Kier molecular flexibility index (Phi) is 3.99. The lowest BCUT2D eigenvalue weighted by molar-refractivity contribution is 0.361. The van der Waals surface area contributed by atoms with Gasteiger partial charge in [0.2, 0.25) is 0 Å². The van der Waals surface area contributed by atoms with Crippen molar-refractivity contribution in [3.63, 3.8) is 0 Å². The maximum Gasteiger partial charge on any atom is 0.126 e. The summed E-state index contributed by atoms with van der Waals surface area (Å²) in [5.41, 5.74) is 2.55. The lowest BCUT2D eigenvalue weighted by Gasteiger charge is -2.20. The minimum absolute atomic E-state index is 0.928. The predicted molar refractivity (Wildman–Crippen MR) is 72.2 cm³/mol. The van der Waals surface area contributed by atoms with Crippen LogP contribution in [0.4, 0.5) is 0 Å². The van der Waals surface area contributed by atoms with Crippen molar-refractivity contribution >= 4 is 6.08 Å². The summed E-state index contributed by atoms with van der Waals surface area (Å²) in [5.74, 6) is 0.928. The molecule has 0 N–H and O–H groups in total. The summed E-state index contributed by atoms with van der Waals surface area (Å²) in [4.78, 5) is 2.32. The first kappa shape index (κ1) is 11.9. The fourth-order valence-electron chi connectivity index (χ4n) is 1.94. The lowest BCUT2D eigenvalue weighted by Crippen LogP contribution is -2.23. The SMILES string of the molecule is COc1ccccc1/C=C/C1=CCN(C)CC1. The fourth-order valence-corrected chi connectivity index (χ4v) is 1.94. The van der Waals surface area contributed by atoms with Crippen LogP contribution in [0.5, 0.6) is 5.75 Å². The van der Waals surface area contributed by atoms with Gasteiger partial charge >= 0.3 is 0 Å². The van der Waals surface area contributed by atoms with E-state index in [0.29, 0.717) is 0 Å². The topological polar surface area (TPSA) is 12.5 Å². The number of rotatable bonds is 3. The predicted octanol–water partition coefficient (Wildman–Crippen LogP) is 2.97. The Hall–Kier alpha value is -1.54. The zero-order valence-corrected chi connectivity index (χ0v) is 10.5. The molecule has 0 saturated carbocycles. The average molecular weight is 229 g/mol. The van der Waals surface area contributed by atoms with Gasteiger partial charge in [-0.3, -0.25) is 0 Å². The second-order valence-electron chi connectivity index (χ2n) is 4.37. The zero-order chi connectivity index (χ0) is 12.1. The molecule has 0 fully saturated rings. The van der Waals surface area contributed by atoms with Crippen LogP contribution < -0.4 is 4.74 Å². The molecule has 0 spiro atoms. The molecule has 0 radical (unpaired) electrons. The molecule has 0 saturated heterocycles. The molecule has 0 amide bonds. The normalized spacial score (nSPS) is 17.2. The summed E-state index contributed by atoms with van der Waals surface area (Å²) in [6.45, 7) is 2.19. The summed E-state index contributed by atoms with van der Waals surface area (Å²) in [7, 11) is 3.86. The van der Waals surface area contributed by atoms with Crippen LogP contribution in [0.15, 0.2) is 42.0 Å². The molecular weight excluding hydrogens is 210 g/mol. The Bertz CT molecular complexity index is 434. The number of benzene rings is 1. The van der Waals surface area contributed by atoms with E-state index in [0.717, 1.165) is 30.8 Å². The Morgan fingerprint density at radius 1 is 1.24 bits per heavy atom. The number of hydrogen-bond acceptors (Lipinski definition) is 2. The van der Waals surface area contributed by atoms with Crippen LogP contribution in [0.2, 0.25) is 0 Å². The van der Waals surface area contributed by atoms with E-state index in [4.69, 9.17) is 4.74 Å². The van der Waals surface area contributed by atoms with Crippen LogP contribution in [0.3, 0.4) is 0 Å². The van der Waals surface area contributed by atoms with E-state index in [1.807, 2.05) is 18.2 Å². The van der Waals surface area contributed by atoms with Gasteiger partial charge in [0.15, 0.2) is 0 Å². The van der Waals surface area contributed by atoms with Gasteiger partial charge < -0.3 is 9.64 Å². The molecule has 0 unspecified atom stereocenters. The first-order chi connectivity index (χ1) is 8.29. The largest absolute Gasteiger partial charge is 0.496 e. The maximum absolute atomic E-state index is 5.32. The highest BCUT2D eigenvalue weighted by atomic mass is 16.5. The fraction of sp³-hybridized carbons (Fsp3) is 0.333. The molecule has 0 bridgehead atoms. The molecule has 1 aliphatic heterocycles. The molecule has 0 aromatic heterocycles. The molecule has 17 heavy (non-hydrogen) atoms. The third-order valence-corrected chi connectivity index (χ3v) is 3.06. The molecule has 2 rings (SSSR count). The second-order valence-corrected chi connectivity index (χ2v) is 4.37. The van der Waals surface area contributed by atoms with Gasteiger partial charge in [-0.2, -0.15) is 0 Å². The van der Waals surface area contributed by atoms with Gasteiger partial charge in [0.25, 0.3) is 0 Å². The highest BCUT2D eigenvalue weighted by molar-refractivity contribution is 5.59. The third kappa shape index (κ3) is 3.21. The molecule has 2 heteroatoms. The van der Waals surface area contributed by atoms with Crippen molar-refractivity contribution in [2.24, 2.45) is 0 Å². The highest BCUT2D eigenvalue weighted by Gasteiger charge is 2.05. The first-order valence-electron chi connectivity index (χ1n) is 5.98. The van der Waals surface area contributed by atoms with Crippen LogP contribution >= 0.6 is 0 Å². The van der Waals surface area contributed by atoms with Gasteiger partial charge in [-0.15, -0.1) is 0 Å². The number of hydrogen-bond donors (Lipinski definition) is 0. The average Bonchev–Trinajstić information content (AvgIpc) is 2.38. The van der Waals surface area contributed by atoms with E-state index in [9.17, 15) is 0 Å². The van der Waals surface area contributed by atoms with E-state index in [1.54, 1.807) is 7.11 Å². The van der Waals surface area contributed by atoms with Crippen molar-refractivity contribution in [3.05, 3.63) is 47.6 Å². The van der Waals surface area contributed by atoms with Gasteiger partial charge in [0.05, 0.1) is 7.11 Å². The molecule has 1 aromatic rings. The molecule has 0 atom stereocenters. The van der Waals surface area contributed by atoms with E-state index >= 15 is 0 Å². The quantitative estimate of drug-likeness (QED) is 0.790. The number of para-hydroxylation sites is 1. The number of allylic oxidation sites excluding steroid dienone is 1. The van der Waals surface area contributed by atoms with Gasteiger partial charge in [-0.05, 0) is 25.1 Å². The van der Waals surface area contributed by atoms with Crippen LogP contribution in [0.25, 0.3) is 6.08 Å². The van der Waals surface area contributed by atoms with Crippen molar-refractivity contribution in [1.82, 2.24) is 4.90 Å². The van der Waals surface area contributed by atoms with Crippen molar-refractivity contribution in [1.29, 1.82) is 0 Å². The van der Waals surface area contributed by atoms with Crippen LogP contribution in [0, 0.1) is 0 Å². The summed E-state index contributed by atoms with van der Waals surface area (Å²) >= 11 is 0. The van der Waals surface area contributed by atoms with Crippen molar-refractivity contribution in [3.8, 4) is 5.75 Å². The molecule has 90 valence electrons. The summed E-state index contributed by atoms with van der Waals surface area (Å²) in [6.07, 6.45) is 7.75. The van der Waals surface area contributed by atoms with Crippen LogP contribution in [0.1, 0.15) is 12.0 Å². The van der Waals surface area contributed by atoms with Gasteiger partial charge in [-0.1, -0.05) is 36.4 Å². The number of ether oxygens (including phenoxy) is 1. The van der Waals surface area contributed by atoms with Crippen molar-refractivity contribution < 1.29 is 4.74 Å². The molecule has 0 aliphatic carbocycles. The smallest absolute Gasteiger partial charge is 0.126 e. The third-order valence-electron chi connectivity index (χ3n) is 3.06. The second kappa shape index (κ2) is 5.69. The Labute approximate surface area is 103 Å². The van der Waals surface area contributed by atoms with Gasteiger partial charge in [0, 0.05) is 18.7 Å². The van der Waals surface area contributed by atoms with Crippen LogP contribution in [-0.4, -0.2) is 32.1 Å². The monoisotopic (exact) mass is 229 g/mol. The molecular formula is C15H19NO. The van der Waals surface area contributed by atoms with Gasteiger partial charge in [0.1, 0.15) is 5.75 Å². The van der Waals surface area contributed by atoms with Crippen molar-refractivity contribution in [2.75, 3.05) is 27.2 Å². The minimum atomic E-state index is 0.928. The maximum atomic E-state index is 5.32. The summed E-state index contributed by atoms with van der Waals surface area (Å²) in [5, 5.41) is 0. The van der Waals surface area contributed by atoms with E-state index in [1.165, 1.54) is 5.57 Å². The van der Waals surface area contributed by atoms with Crippen LogP contribution in [-0.2, 0) is 0 Å². The molecule has 1 heterocycles.